The molecule has 0 saturated heterocycles. The van der Waals surface area contributed by atoms with Crippen molar-refractivity contribution in [1.82, 2.24) is 0 Å². The predicted molar refractivity (Wildman–Crippen MR) is 62.0 cm³/mol. The number of allylic oxidation sites excluding steroid dienone is 1. The third-order valence-corrected chi connectivity index (χ3v) is 2.84. The predicted octanol–water partition coefficient (Wildman–Crippen LogP) is 3.75. The summed E-state index contributed by atoms with van der Waals surface area (Å²) in [5.74, 6) is 0.00647. The summed E-state index contributed by atoms with van der Waals surface area (Å²) >= 11 is 0. The molecule has 0 atom stereocenters. The van der Waals surface area contributed by atoms with Crippen molar-refractivity contribution in [3.63, 3.8) is 0 Å². The van der Waals surface area contributed by atoms with Gasteiger partial charge >= 0.3 is 6.18 Å². The number of carbonyl (C=O) groups is 1. The molecule has 0 bridgehead atoms. The van der Waals surface area contributed by atoms with Crippen molar-refractivity contribution < 1.29 is 18.0 Å². The summed E-state index contributed by atoms with van der Waals surface area (Å²) in [6, 6.07) is 5.21. The molecule has 0 radical (unpaired) electrons. The molecule has 0 spiro atoms. The smallest absolute Gasteiger partial charge is 0.361 e. The van der Waals surface area contributed by atoms with Crippen LogP contribution >= 0.6 is 0 Å². The molecule has 2 rings (SSSR count). The first-order chi connectivity index (χ1) is 8.48. The van der Waals surface area contributed by atoms with E-state index in [9.17, 15) is 18.0 Å². The highest BCUT2D eigenvalue weighted by Crippen LogP contribution is 2.34. The summed E-state index contributed by atoms with van der Waals surface area (Å²) in [5.41, 5.74) is -0.198. The molecule has 0 aromatic heterocycles. The van der Waals surface area contributed by atoms with Crippen LogP contribution in [0.4, 0.5) is 18.9 Å². The molecule has 2 nitrogen and oxygen atoms in total. The fraction of sp³-hybridized carbons (Fsp3) is 0.308. The lowest BCUT2D eigenvalue weighted by molar-refractivity contribution is -0.136. The van der Waals surface area contributed by atoms with Crippen LogP contribution in [0, 0.1) is 0 Å². The first kappa shape index (κ1) is 12.7. The lowest BCUT2D eigenvalue weighted by atomic mass is 10.1. The normalized spacial score (nSPS) is 18.4. The van der Waals surface area contributed by atoms with Crippen LogP contribution in [-0.4, -0.2) is 5.78 Å². The fourth-order valence-corrected chi connectivity index (χ4v) is 1.91. The van der Waals surface area contributed by atoms with Crippen LogP contribution in [-0.2, 0) is 11.0 Å². The van der Waals surface area contributed by atoms with Gasteiger partial charge in [0.1, 0.15) is 0 Å². The van der Waals surface area contributed by atoms with Gasteiger partial charge in [-0.1, -0.05) is 12.1 Å². The second-order valence-corrected chi connectivity index (χ2v) is 4.13. The summed E-state index contributed by atoms with van der Waals surface area (Å²) in [4.78, 5) is 11.3. The van der Waals surface area contributed by atoms with Gasteiger partial charge in [-0.25, -0.2) is 0 Å². The van der Waals surface area contributed by atoms with E-state index in [4.69, 9.17) is 0 Å². The average Bonchev–Trinajstić information content (AvgIpc) is 2.71. The molecule has 0 amide bonds. The zero-order valence-electron chi connectivity index (χ0n) is 9.55. The number of hydrogen-bond donors (Lipinski definition) is 1. The highest BCUT2D eigenvalue weighted by atomic mass is 19.4. The molecule has 1 saturated carbocycles. The van der Waals surface area contributed by atoms with Crippen LogP contribution in [0.2, 0.25) is 0 Å². The van der Waals surface area contributed by atoms with Crippen LogP contribution in [0.15, 0.2) is 36.0 Å². The second-order valence-electron chi connectivity index (χ2n) is 4.13. The number of carbonyl (C=O) groups excluding carboxylic acids is 1. The lowest BCUT2D eigenvalue weighted by Crippen LogP contribution is -2.08. The van der Waals surface area contributed by atoms with E-state index >= 15 is 0 Å². The summed E-state index contributed by atoms with van der Waals surface area (Å²) in [7, 11) is 0. The molecule has 96 valence electrons. The second kappa shape index (κ2) is 4.84. The van der Waals surface area contributed by atoms with E-state index in [1.807, 2.05) is 0 Å². The van der Waals surface area contributed by atoms with E-state index in [-0.39, 0.29) is 11.5 Å². The zero-order chi connectivity index (χ0) is 13.2. The Morgan fingerprint density at radius 3 is 2.50 bits per heavy atom. The minimum absolute atomic E-state index is 0.00647. The van der Waals surface area contributed by atoms with Gasteiger partial charge in [0.05, 0.1) is 11.3 Å². The molecular weight excluding hydrogens is 243 g/mol. The van der Waals surface area contributed by atoms with Crippen molar-refractivity contribution in [2.24, 2.45) is 0 Å². The fourth-order valence-electron chi connectivity index (χ4n) is 1.91. The number of alkyl halides is 3. The molecular formula is C13H12F3NO. The molecule has 0 aliphatic heterocycles. The summed E-state index contributed by atoms with van der Waals surface area (Å²) in [5, 5.41) is 2.59. The average molecular weight is 255 g/mol. The Morgan fingerprint density at radius 2 is 1.89 bits per heavy atom. The van der Waals surface area contributed by atoms with Crippen molar-refractivity contribution >= 4 is 11.5 Å². The lowest BCUT2D eigenvalue weighted by Gasteiger charge is -2.12. The molecule has 0 unspecified atom stereocenters. The van der Waals surface area contributed by atoms with Gasteiger partial charge in [0.25, 0.3) is 0 Å². The first-order valence-corrected chi connectivity index (χ1v) is 5.63. The molecule has 1 fully saturated rings. The van der Waals surface area contributed by atoms with Crippen LogP contribution in [0.3, 0.4) is 0 Å². The molecule has 0 heterocycles. The van der Waals surface area contributed by atoms with E-state index in [0.717, 1.165) is 12.5 Å². The number of para-hydroxylation sites is 1. The summed E-state index contributed by atoms with van der Waals surface area (Å²) in [6.07, 6.45) is -1.14. The Morgan fingerprint density at radius 1 is 1.17 bits per heavy atom. The number of Topliss-reactive ketones (excluding diaryl/α,β-unsaturated/α-hetero) is 1. The summed E-state index contributed by atoms with van der Waals surface area (Å²) < 4.78 is 38.1. The highest BCUT2D eigenvalue weighted by Gasteiger charge is 2.33. The van der Waals surface area contributed by atoms with Gasteiger partial charge in [-0.05, 0) is 25.0 Å². The molecule has 1 aliphatic rings. The Hall–Kier alpha value is -1.78. The van der Waals surface area contributed by atoms with E-state index < -0.39 is 11.7 Å². The molecule has 1 aromatic carbocycles. The Kier molecular flexibility index (Phi) is 3.41. The van der Waals surface area contributed by atoms with Crippen molar-refractivity contribution in [3.8, 4) is 0 Å². The Balaban J connectivity index is 2.22. The standard InChI is InChI=1S/C13H12F3NO/c14-13(15,16)10-5-1-2-6-11(10)17-8-9-4-3-7-12(9)18/h1-2,5-6,8,17H,3-4,7H2/b9-8-. The largest absolute Gasteiger partial charge is 0.418 e. The monoisotopic (exact) mass is 255 g/mol. The number of rotatable bonds is 2. The molecule has 1 aliphatic carbocycles. The van der Waals surface area contributed by atoms with Crippen LogP contribution in [0.25, 0.3) is 0 Å². The molecule has 1 aromatic rings. The van der Waals surface area contributed by atoms with Gasteiger partial charge in [-0.15, -0.1) is 0 Å². The van der Waals surface area contributed by atoms with Gasteiger partial charge in [0, 0.05) is 18.2 Å². The minimum Gasteiger partial charge on any atom is -0.361 e. The first-order valence-electron chi connectivity index (χ1n) is 5.63. The van der Waals surface area contributed by atoms with Crippen molar-refractivity contribution in [2.75, 3.05) is 5.32 Å². The van der Waals surface area contributed by atoms with E-state index in [0.29, 0.717) is 18.4 Å². The maximum Gasteiger partial charge on any atom is 0.418 e. The van der Waals surface area contributed by atoms with Crippen molar-refractivity contribution in [3.05, 3.63) is 41.6 Å². The number of hydrogen-bond acceptors (Lipinski definition) is 2. The third-order valence-electron chi connectivity index (χ3n) is 2.84. The van der Waals surface area contributed by atoms with E-state index in [2.05, 4.69) is 5.32 Å². The number of anilines is 1. The Bertz CT molecular complexity index is 491. The van der Waals surface area contributed by atoms with Crippen LogP contribution in [0.5, 0.6) is 0 Å². The third kappa shape index (κ3) is 2.72. The van der Waals surface area contributed by atoms with Gasteiger partial charge in [0.2, 0.25) is 0 Å². The van der Waals surface area contributed by atoms with Gasteiger partial charge in [-0.3, -0.25) is 4.79 Å². The number of halogens is 3. The zero-order valence-corrected chi connectivity index (χ0v) is 9.55. The highest BCUT2D eigenvalue weighted by molar-refractivity contribution is 5.97. The van der Waals surface area contributed by atoms with Crippen molar-refractivity contribution in [1.29, 1.82) is 0 Å². The van der Waals surface area contributed by atoms with Crippen LogP contribution < -0.4 is 5.32 Å². The van der Waals surface area contributed by atoms with Crippen LogP contribution in [0.1, 0.15) is 24.8 Å². The summed E-state index contributed by atoms with van der Waals surface area (Å²) in [6.45, 7) is 0. The van der Waals surface area contributed by atoms with E-state index in [1.165, 1.54) is 24.4 Å². The van der Waals surface area contributed by atoms with Gasteiger partial charge < -0.3 is 5.32 Å². The van der Waals surface area contributed by atoms with Crippen molar-refractivity contribution in [2.45, 2.75) is 25.4 Å². The number of nitrogens with one attached hydrogen (secondary N) is 1. The molecule has 1 N–H and O–H groups in total. The molecule has 18 heavy (non-hydrogen) atoms. The topological polar surface area (TPSA) is 29.1 Å². The molecule has 5 heteroatoms. The quantitative estimate of drug-likeness (QED) is 0.815. The van der Waals surface area contributed by atoms with Gasteiger partial charge in [-0.2, -0.15) is 13.2 Å². The van der Waals surface area contributed by atoms with Gasteiger partial charge in [0.15, 0.2) is 5.78 Å². The SMILES string of the molecule is O=C1CCC/C1=C/Nc1ccccc1C(F)(F)F. The maximum absolute atomic E-state index is 12.7. The Labute approximate surface area is 102 Å². The maximum atomic E-state index is 12.7. The number of benzene rings is 1. The minimum atomic E-state index is -4.40. The van der Waals surface area contributed by atoms with E-state index in [1.54, 1.807) is 0 Å². The number of ketones is 1.